The zero-order valence-electron chi connectivity index (χ0n) is 13.8. The van der Waals surface area contributed by atoms with Gasteiger partial charge in [0.2, 0.25) is 10.0 Å². The predicted molar refractivity (Wildman–Crippen MR) is 99.0 cm³/mol. The van der Waals surface area contributed by atoms with Gasteiger partial charge in [0.25, 0.3) is 0 Å². The maximum atomic E-state index is 12.2. The molecule has 2 aromatic carbocycles. The second-order valence-corrected chi connectivity index (χ2v) is 8.39. The van der Waals surface area contributed by atoms with Crippen molar-refractivity contribution >= 4 is 27.6 Å². The standard InChI is InChI=1S/C18H21NO3S2/c1-14-3-5-16(6-4-14)13-23-12-11-19-24(21,22)18-9-7-17(8-10-18)15(2)20/h3-10,19H,11-13H2,1-2H3. The number of ketones is 1. The first-order chi connectivity index (χ1) is 11.4. The van der Waals surface area contributed by atoms with E-state index in [4.69, 9.17) is 0 Å². The summed E-state index contributed by atoms with van der Waals surface area (Å²) < 4.78 is 26.9. The molecule has 0 bridgehead atoms. The van der Waals surface area contributed by atoms with Crippen molar-refractivity contribution in [3.05, 3.63) is 65.2 Å². The third-order valence-electron chi connectivity index (χ3n) is 3.50. The minimum atomic E-state index is -3.53. The molecule has 128 valence electrons. The lowest BCUT2D eigenvalue weighted by atomic mass is 10.2. The Hall–Kier alpha value is -1.63. The number of nitrogens with one attached hydrogen (secondary N) is 1. The zero-order valence-corrected chi connectivity index (χ0v) is 15.4. The van der Waals surface area contributed by atoms with Gasteiger partial charge in [-0.25, -0.2) is 13.1 Å². The van der Waals surface area contributed by atoms with Crippen LogP contribution in [0.4, 0.5) is 0 Å². The van der Waals surface area contributed by atoms with E-state index in [0.717, 1.165) is 5.75 Å². The highest BCUT2D eigenvalue weighted by Gasteiger charge is 2.13. The smallest absolute Gasteiger partial charge is 0.240 e. The van der Waals surface area contributed by atoms with Crippen LogP contribution >= 0.6 is 11.8 Å². The number of benzene rings is 2. The predicted octanol–water partition coefficient (Wildman–Crippen LogP) is 3.41. The third-order valence-corrected chi connectivity index (χ3v) is 6.01. The van der Waals surface area contributed by atoms with E-state index in [1.807, 2.05) is 0 Å². The lowest BCUT2D eigenvalue weighted by Crippen LogP contribution is -2.26. The molecule has 6 heteroatoms. The Morgan fingerprint density at radius 2 is 1.67 bits per heavy atom. The molecule has 0 aliphatic carbocycles. The molecular formula is C18H21NO3S2. The fourth-order valence-electron chi connectivity index (χ4n) is 2.07. The van der Waals surface area contributed by atoms with Gasteiger partial charge >= 0.3 is 0 Å². The Morgan fingerprint density at radius 3 is 2.25 bits per heavy atom. The summed E-state index contributed by atoms with van der Waals surface area (Å²) in [6.07, 6.45) is 0. The Balaban J connectivity index is 1.80. The van der Waals surface area contributed by atoms with E-state index in [2.05, 4.69) is 35.9 Å². The van der Waals surface area contributed by atoms with Crippen LogP contribution in [0.15, 0.2) is 53.4 Å². The average molecular weight is 364 g/mol. The van der Waals surface area contributed by atoms with E-state index >= 15 is 0 Å². The highest BCUT2D eigenvalue weighted by Crippen LogP contribution is 2.14. The van der Waals surface area contributed by atoms with Crippen LogP contribution in [0.25, 0.3) is 0 Å². The molecule has 4 nitrogen and oxygen atoms in total. The number of sulfonamides is 1. The fraction of sp³-hybridized carbons (Fsp3) is 0.278. The minimum absolute atomic E-state index is 0.0839. The molecule has 0 amide bonds. The van der Waals surface area contributed by atoms with E-state index in [1.165, 1.54) is 42.3 Å². The van der Waals surface area contributed by atoms with E-state index in [9.17, 15) is 13.2 Å². The number of thioether (sulfide) groups is 1. The molecule has 0 aliphatic rings. The first-order valence-electron chi connectivity index (χ1n) is 7.62. The molecule has 2 aromatic rings. The van der Waals surface area contributed by atoms with E-state index in [-0.39, 0.29) is 10.7 Å². The van der Waals surface area contributed by atoms with Crippen molar-refractivity contribution in [2.45, 2.75) is 24.5 Å². The van der Waals surface area contributed by atoms with Gasteiger partial charge in [0.15, 0.2) is 5.78 Å². The topological polar surface area (TPSA) is 63.2 Å². The fourth-order valence-corrected chi connectivity index (χ4v) is 4.05. The van der Waals surface area contributed by atoms with Gasteiger partial charge in [0.05, 0.1) is 4.90 Å². The van der Waals surface area contributed by atoms with Crippen LogP contribution in [0, 0.1) is 6.92 Å². The zero-order chi connectivity index (χ0) is 17.6. The summed E-state index contributed by atoms with van der Waals surface area (Å²) in [5.74, 6) is 1.47. The highest BCUT2D eigenvalue weighted by atomic mass is 32.2. The Kier molecular flexibility index (Phi) is 6.60. The summed E-state index contributed by atoms with van der Waals surface area (Å²) in [6.45, 7) is 3.87. The second-order valence-electron chi connectivity index (χ2n) is 5.52. The summed E-state index contributed by atoms with van der Waals surface area (Å²) in [7, 11) is -3.53. The monoisotopic (exact) mass is 363 g/mol. The number of rotatable bonds is 8. The van der Waals surface area contributed by atoms with Crippen molar-refractivity contribution in [1.29, 1.82) is 0 Å². The molecule has 0 heterocycles. The van der Waals surface area contributed by atoms with Crippen molar-refractivity contribution in [2.24, 2.45) is 0 Å². The van der Waals surface area contributed by atoms with Crippen LogP contribution in [0.5, 0.6) is 0 Å². The summed E-state index contributed by atoms with van der Waals surface area (Å²) in [5, 5.41) is 0. The average Bonchev–Trinajstić information content (AvgIpc) is 2.56. The van der Waals surface area contributed by atoms with E-state index < -0.39 is 10.0 Å². The van der Waals surface area contributed by atoms with Crippen molar-refractivity contribution in [3.8, 4) is 0 Å². The molecule has 0 unspecified atom stereocenters. The number of hydrogen-bond donors (Lipinski definition) is 1. The molecule has 2 rings (SSSR count). The second kappa shape index (κ2) is 8.46. The van der Waals surface area contributed by atoms with Gasteiger partial charge in [-0.1, -0.05) is 42.0 Å². The maximum absolute atomic E-state index is 12.2. The molecule has 0 spiro atoms. The molecule has 0 radical (unpaired) electrons. The first kappa shape index (κ1) is 18.7. The maximum Gasteiger partial charge on any atom is 0.240 e. The van der Waals surface area contributed by atoms with Gasteiger partial charge < -0.3 is 0 Å². The van der Waals surface area contributed by atoms with Crippen molar-refractivity contribution in [1.82, 2.24) is 4.72 Å². The largest absolute Gasteiger partial charge is 0.295 e. The van der Waals surface area contributed by atoms with Gasteiger partial charge in [0, 0.05) is 23.6 Å². The SMILES string of the molecule is CC(=O)c1ccc(S(=O)(=O)NCCSCc2ccc(C)cc2)cc1. The van der Waals surface area contributed by atoms with Crippen LogP contribution in [0.1, 0.15) is 28.4 Å². The van der Waals surface area contributed by atoms with Crippen molar-refractivity contribution < 1.29 is 13.2 Å². The number of carbonyl (C=O) groups is 1. The molecule has 0 saturated carbocycles. The van der Waals surface area contributed by atoms with Gasteiger partial charge in [-0.05, 0) is 31.5 Å². The number of hydrogen-bond acceptors (Lipinski definition) is 4. The summed E-state index contributed by atoms with van der Waals surface area (Å²) in [6, 6.07) is 14.3. The van der Waals surface area contributed by atoms with E-state index in [0.29, 0.717) is 17.9 Å². The molecule has 0 fully saturated rings. The highest BCUT2D eigenvalue weighted by molar-refractivity contribution is 7.98. The van der Waals surface area contributed by atoms with Crippen molar-refractivity contribution in [2.75, 3.05) is 12.3 Å². The van der Waals surface area contributed by atoms with Crippen LogP contribution < -0.4 is 4.72 Å². The normalized spacial score (nSPS) is 11.4. The van der Waals surface area contributed by atoms with Crippen LogP contribution in [0.2, 0.25) is 0 Å². The molecule has 0 atom stereocenters. The lowest BCUT2D eigenvalue weighted by molar-refractivity contribution is 0.101. The molecule has 24 heavy (non-hydrogen) atoms. The lowest BCUT2D eigenvalue weighted by Gasteiger charge is -2.07. The molecule has 0 aliphatic heterocycles. The van der Waals surface area contributed by atoms with Crippen LogP contribution in [-0.4, -0.2) is 26.5 Å². The summed E-state index contributed by atoms with van der Waals surface area (Å²) in [5.41, 5.74) is 2.96. The number of carbonyl (C=O) groups excluding carboxylic acids is 1. The van der Waals surface area contributed by atoms with Crippen LogP contribution in [-0.2, 0) is 15.8 Å². The Morgan fingerprint density at radius 1 is 1.04 bits per heavy atom. The summed E-state index contributed by atoms with van der Waals surface area (Å²) >= 11 is 1.68. The quantitative estimate of drug-likeness (QED) is 0.577. The van der Waals surface area contributed by atoms with Gasteiger partial charge in [0.1, 0.15) is 0 Å². The molecule has 0 aromatic heterocycles. The Labute approximate surface area is 147 Å². The number of aryl methyl sites for hydroxylation is 1. The van der Waals surface area contributed by atoms with Crippen molar-refractivity contribution in [3.63, 3.8) is 0 Å². The summed E-state index contributed by atoms with van der Waals surface area (Å²) in [4.78, 5) is 11.4. The van der Waals surface area contributed by atoms with Gasteiger partial charge in [-0.15, -0.1) is 0 Å². The van der Waals surface area contributed by atoms with Gasteiger partial charge in [-0.3, -0.25) is 4.79 Å². The molecular weight excluding hydrogens is 342 g/mol. The minimum Gasteiger partial charge on any atom is -0.295 e. The Bertz CT molecular complexity index is 782. The van der Waals surface area contributed by atoms with Crippen LogP contribution in [0.3, 0.4) is 0 Å². The molecule has 1 N–H and O–H groups in total. The molecule has 0 saturated heterocycles. The number of Topliss-reactive ketones (excluding diaryl/α,β-unsaturated/α-hetero) is 1. The van der Waals surface area contributed by atoms with E-state index in [1.54, 1.807) is 11.8 Å². The third kappa shape index (κ3) is 5.47. The van der Waals surface area contributed by atoms with Gasteiger partial charge in [-0.2, -0.15) is 11.8 Å². The first-order valence-corrected chi connectivity index (χ1v) is 10.3.